The number of H-pyrrole nitrogens is 1. The van der Waals surface area contributed by atoms with Gasteiger partial charge < -0.3 is 25.1 Å². The number of pyridine rings is 1. The van der Waals surface area contributed by atoms with Gasteiger partial charge in [0.15, 0.2) is 11.5 Å². The summed E-state index contributed by atoms with van der Waals surface area (Å²) in [5, 5.41) is 9.01. The minimum Gasteiger partial charge on any atom is -0.491 e. The third kappa shape index (κ3) is 6.26. The van der Waals surface area contributed by atoms with E-state index in [2.05, 4.69) is 35.9 Å². The standard InChI is InChI=1S/C31H29N9O4/c1-43-28-24(44-18-16-33-21-4-6-22(7-5-21)37-26(41)11-10-25-34-13-14-35-25)9-8-23-27(28)38-31(40-17-15-36-29(23)40)39-30(42)20-3-2-12-32-19-20/h2-14,19,33H,15-18H2,1H3,(H,34,35)(H,37,41)(H,38,39,42)/b11-10+. The molecule has 0 bridgehead atoms. The maximum absolute atomic E-state index is 12.9. The average molecular weight is 592 g/mol. The SMILES string of the molecule is COc1c(OCCNc2ccc(NC(=O)/C=C/c3ncc[nH]3)cc2)ccc2c1N=C(NC(=O)c1cccnc1)N1CCN=C21. The Bertz CT molecular complexity index is 1730. The van der Waals surface area contributed by atoms with E-state index in [1.165, 1.54) is 12.3 Å². The number of aliphatic imine (C=N–C) groups is 2. The quantitative estimate of drug-likeness (QED) is 0.161. The Labute approximate surface area is 252 Å². The number of imidazole rings is 1. The van der Waals surface area contributed by atoms with E-state index in [-0.39, 0.29) is 11.8 Å². The zero-order valence-electron chi connectivity index (χ0n) is 23.8. The first-order chi connectivity index (χ1) is 21.6. The number of guanidine groups is 1. The molecule has 13 heteroatoms. The molecule has 44 heavy (non-hydrogen) atoms. The summed E-state index contributed by atoms with van der Waals surface area (Å²) in [5.74, 6) is 2.08. The lowest BCUT2D eigenvalue weighted by atomic mass is 10.1. The van der Waals surface area contributed by atoms with Crippen molar-refractivity contribution in [2.75, 3.05) is 44.0 Å². The molecule has 4 aromatic rings. The molecule has 0 spiro atoms. The van der Waals surface area contributed by atoms with Crippen LogP contribution >= 0.6 is 0 Å². The number of anilines is 2. The van der Waals surface area contributed by atoms with Crippen molar-refractivity contribution in [3.63, 3.8) is 0 Å². The first-order valence-corrected chi connectivity index (χ1v) is 13.9. The molecule has 0 aliphatic carbocycles. The molecule has 2 aromatic heterocycles. The second kappa shape index (κ2) is 12.9. The predicted octanol–water partition coefficient (Wildman–Crippen LogP) is 3.45. The molecule has 0 unspecified atom stereocenters. The van der Waals surface area contributed by atoms with Crippen LogP contribution in [-0.4, -0.2) is 76.8 Å². The molecule has 2 aromatic carbocycles. The van der Waals surface area contributed by atoms with Crippen molar-refractivity contribution in [2.24, 2.45) is 9.98 Å². The maximum atomic E-state index is 12.9. The molecule has 222 valence electrons. The number of rotatable bonds is 10. The number of hydrogen-bond donors (Lipinski definition) is 4. The molecule has 2 aliphatic rings. The van der Waals surface area contributed by atoms with Gasteiger partial charge in [-0.15, -0.1) is 0 Å². The van der Waals surface area contributed by atoms with E-state index in [1.54, 1.807) is 43.9 Å². The van der Waals surface area contributed by atoms with Crippen LogP contribution in [0.2, 0.25) is 0 Å². The highest BCUT2D eigenvalue weighted by molar-refractivity contribution is 6.20. The topological polar surface area (TPSA) is 158 Å². The number of amidine groups is 1. The molecule has 0 saturated heterocycles. The molecular formula is C31H29N9O4. The van der Waals surface area contributed by atoms with E-state index in [0.29, 0.717) is 66.5 Å². The highest BCUT2D eigenvalue weighted by Gasteiger charge is 2.33. The van der Waals surface area contributed by atoms with Gasteiger partial charge in [-0.2, -0.15) is 0 Å². The van der Waals surface area contributed by atoms with Crippen molar-refractivity contribution in [2.45, 2.75) is 0 Å². The number of aromatic nitrogens is 3. The van der Waals surface area contributed by atoms with Gasteiger partial charge in [-0.05, 0) is 54.6 Å². The van der Waals surface area contributed by atoms with Crippen molar-refractivity contribution in [1.29, 1.82) is 0 Å². The second-order valence-corrected chi connectivity index (χ2v) is 9.63. The van der Waals surface area contributed by atoms with E-state index < -0.39 is 0 Å². The molecule has 0 fully saturated rings. The van der Waals surface area contributed by atoms with E-state index in [0.717, 1.165) is 17.1 Å². The largest absolute Gasteiger partial charge is 0.491 e. The average Bonchev–Trinajstić information content (AvgIpc) is 3.76. The summed E-state index contributed by atoms with van der Waals surface area (Å²) >= 11 is 0. The van der Waals surface area contributed by atoms with Crippen LogP contribution in [0.3, 0.4) is 0 Å². The summed E-state index contributed by atoms with van der Waals surface area (Å²) in [6.07, 6.45) is 9.44. The number of carbonyl (C=O) groups excluding carboxylic acids is 2. The van der Waals surface area contributed by atoms with Gasteiger partial charge in [0.1, 0.15) is 24.0 Å². The van der Waals surface area contributed by atoms with Gasteiger partial charge in [0.05, 0.1) is 19.2 Å². The van der Waals surface area contributed by atoms with Crippen LogP contribution < -0.4 is 25.4 Å². The Kier molecular flexibility index (Phi) is 8.25. The molecule has 2 amide bonds. The number of hydrogen-bond acceptors (Lipinski definition) is 10. The molecule has 13 nitrogen and oxygen atoms in total. The van der Waals surface area contributed by atoms with Crippen LogP contribution in [0.15, 0.2) is 89.4 Å². The first kappa shape index (κ1) is 28.2. The van der Waals surface area contributed by atoms with Crippen LogP contribution in [-0.2, 0) is 4.79 Å². The fraction of sp³-hybridized carbons (Fsp3) is 0.161. The Hall–Kier alpha value is -5.98. The molecule has 0 radical (unpaired) electrons. The summed E-state index contributed by atoms with van der Waals surface area (Å²) < 4.78 is 11.8. The molecule has 2 aliphatic heterocycles. The molecule has 6 rings (SSSR count). The molecule has 4 N–H and O–H groups in total. The zero-order valence-corrected chi connectivity index (χ0v) is 23.8. The number of ether oxygens (including phenoxy) is 2. The predicted molar refractivity (Wildman–Crippen MR) is 167 cm³/mol. The lowest BCUT2D eigenvalue weighted by Gasteiger charge is -2.28. The number of methoxy groups -OCH3 is 1. The molecule has 4 heterocycles. The lowest BCUT2D eigenvalue weighted by molar-refractivity contribution is -0.111. The van der Waals surface area contributed by atoms with Crippen LogP contribution in [0.4, 0.5) is 17.1 Å². The Morgan fingerprint density at radius 2 is 1.93 bits per heavy atom. The van der Waals surface area contributed by atoms with Crippen molar-refractivity contribution < 1.29 is 19.1 Å². The molecular weight excluding hydrogens is 562 g/mol. The smallest absolute Gasteiger partial charge is 0.259 e. The van der Waals surface area contributed by atoms with Crippen molar-refractivity contribution in [3.05, 3.63) is 96.3 Å². The maximum Gasteiger partial charge on any atom is 0.259 e. The fourth-order valence-electron chi connectivity index (χ4n) is 4.71. The summed E-state index contributed by atoms with van der Waals surface area (Å²) in [6, 6.07) is 14.5. The number of amides is 2. The normalized spacial score (nSPS) is 13.4. The van der Waals surface area contributed by atoms with Gasteiger partial charge in [0, 0.05) is 60.9 Å². The van der Waals surface area contributed by atoms with Crippen molar-refractivity contribution in [1.82, 2.24) is 25.2 Å². The van der Waals surface area contributed by atoms with Crippen LogP contribution in [0.1, 0.15) is 21.7 Å². The Morgan fingerprint density at radius 3 is 2.70 bits per heavy atom. The van der Waals surface area contributed by atoms with Gasteiger partial charge in [0.2, 0.25) is 11.9 Å². The fourth-order valence-corrected chi connectivity index (χ4v) is 4.71. The minimum absolute atomic E-state index is 0.255. The highest BCUT2D eigenvalue weighted by atomic mass is 16.5. The number of aromatic amines is 1. The highest BCUT2D eigenvalue weighted by Crippen LogP contribution is 2.43. The third-order valence-electron chi connectivity index (χ3n) is 6.76. The number of nitrogens with zero attached hydrogens (tertiary/aromatic N) is 5. The van der Waals surface area contributed by atoms with Crippen LogP contribution in [0, 0.1) is 0 Å². The van der Waals surface area contributed by atoms with Gasteiger partial charge >= 0.3 is 0 Å². The van der Waals surface area contributed by atoms with Crippen molar-refractivity contribution in [3.8, 4) is 11.5 Å². The number of fused-ring (bicyclic) bond motifs is 3. The van der Waals surface area contributed by atoms with E-state index in [1.807, 2.05) is 41.3 Å². The van der Waals surface area contributed by atoms with E-state index in [4.69, 9.17) is 14.5 Å². The molecule has 0 saturated carbocycles. The summed E-state index contributed by atoms with van der Waals surface area (Å²) in [4.78, 5) is 47.3. The number of carbonyl (C=O) groups is 2. The van der Waals surface area contributed by atoms with Gasteiger partial charge in [0.25, 0.3) is 5.91 Å². The van der Waals surface area contributed by atoms with Gasteiger partial charge in [-0.1, -0.05) is 0 Å². The Morgan fingerprint density at radius 1 is 1.07 bits per heavy atom. The monoisotopic (exact) mass is 591 g/mol. The van der Waals surface area contributed by atoms with Crippen LogP contribution in [0.25, 0.3) is 6.08 Å². The summed E-state index contributed by atoms with van der Waals surface area (Å²) in [7, 11) is 1.56. The second-order valence-electron chi connectivity index (χ2n) is 9.63. The van der Waals surface area contributed by atoms with Gasteiger partial charge in [-0.25, -0.2) is 9.98 Å². The summed E-state index contributed by atoms with van der Waals surface area (Å²) in [5.41, 5.74) is 3.29. The first-order valence-electron chi connectivity index (χ1n) is 13.9. The zero-order chi connectivity index (χ0) is 30.3. The Balaban J connectivity index is 1.08. The van der Waals surface area contributed by atoms with Crippen molar-refractivity contribution >= 4 is 46.7 Å². The lowest BCUT2D eigenvalue weighted by Crippen LogP contribution is -2.47. The van der Waals surface area contributed by atoms with E-state index in [9.17, 15) is 9.59 Å². The number of nitrogens with one attached hydrogen (secondary N) is 4. The molecule has 0 atom stereocenters. The summed E-state index contributed by atoms with van der Waals surface area (Å²) in [6.45, 7) is 2.03. The van der Waals surface area contributed by atoms with Gasteiger partial charge in [-0.3, -0.25) is 29.8 Å². The van der Waals surface area contributed by atoms with Crippen LogP contribution in [0.5, 0.6) is 11.5 Å². The van der Waals surface area contributed by atoms with E-state index >= 15 is 0 Å². The number of benzene rings is 2. The third-order valence-corrected chi connectivity index (χ3v) is 6.76. The minimum atomic E-state index is -0.318.